The van der Waals surface area contributed by atoms with Crippen molar-refractivity contribution in [2.45, 2.75) is 18.7 Å². The lowest BCUT2D eigenvalue weighted by atomic mass is 10.1. The maximum absolute atomic E-state index is 13.5. The van der Waals surface area contributed by atoms with E-state index >= 15 is 0 Å². The number of sulfonamides is 1. The predicted molar refractivity (Wildman–Crippen MR) is 133 cm³/mol. The Morgan fingerprint density at radius 2 is 1.79 bits per heavy atom. The lowest BCUT2D eigenvalue weighted by Crippen LogP contribution is -2.40. The van der Waals surface area contributed by atoms with Crippen LogP contribution in [0.25, 0.3) is 0 Å². The van der Waals surface area contributed by atoms with E-state index in [0.717, 1.165) is 19.9 Å². The van der Waals surface area contributed by atoms with Crippen LogP contribution >= 0.6 is 15.9 Å². The molecule has 0 fully saturated rings. The molecule has 0 aliphatic rings. The van der Waals surface area contributed by atoms with Gasteiger partial charge >= 0.3 is 0 Å². The summed E-state index contributed by atoms with van der Waals surface area (Å²) >= 11 is 3.40. The number of benzene rings is 3. The number of hydrogen-bond donors (Lipinski definition) is 1. The Hall–Kier alpha value is -3.17. The normalized spacial score (nSPS) is 11.7. The molecule has 0 saturated heterocycles. The van der Waals surface area contributed by atoms with Gasteiger partial charge < -0.3 is 4.74 Å². The van der Waals surface area contributed by atoms with E-state index < -0.39 is 22.5 Å². The summed E-state index contributed by atoms with van der Waals surface area (Å²) in [5, 5.41) is 4.14. The summed E-state index contributed by atoms with van der Waals surface area (Å²) in [4.78, 5) is 12.9. The molecule has 0 heterocycles. The van der Waals surface area contributed by atoms with Gasteiger partial charge in [-0.15, -0.1) is 0 Å². The Morgan fingerprint density at radius 3 is 2.45 bits per heavy atom. The van der Waals surface area contributed by atoms with Crippen molar-refractivity contribution in [3.05, 3.63) is 88.4 Å². The summed E-state index contributed by atoms with van der Waals surface area (Å²) in [5.74, 6) is -0.255. The second kappa shape index (κ2) is 10.6. The van der Waals surface area contributed by atoms with Gasteiger partial charge in [0.15, 0.2) is 0 Å². The van der Waals surface area contributed by atoms with Crippen LogP contribution in [-0.4, -0.2) is 33.7 Å². The Morgan fingerprint density at radius 1 is 1.06 bits per heavy atom. The number of ether oxygens (including phenoxy) is 1. The van der Waals surface area contributed by atoms with Crippen LogP contribution in [-0.2, 0) is 14.8 Å². The fourth-order valence-corrected chi connectivity index (χ4v) is 4.95. The molecular weight excluding hydrogens is 506 g/mol. The third-order valence-electron chi connectivity index (χ3n) is 4.81. The first-order valence-corrected chi connectivity index (χ1v) is 12.3. The standard InChI is InChI=1S/C24H24BrN3O4S/c1-17-12-13-23(32-3)22(14-17)28(33(30,31)21-10-5-4-6-11-21)16-24(29)27-26-18(2)19-8-7-9-20(25)15-19/h4-15H,16H2,1-3H3,(H,27,29)/b26-18-. The molecule has 1 N–H and O–H groups in total. The van der Waals surface area contributed by atoms with Gasteiger partial charge in [0.2, 0.25) is 0 Å². The number of methoxy groups -OCH3 is 1. The molecule has 1 amide bonds. The van der Waals surface area contributed by atoms with Crippen LogP contribution in [0.3, 0.4) is 0 Å². The summed E-state index contributed by atoms with van der Waals surface area (Å²) in [6.07, 6.45) is 0. The quantitative estimate of drug-likeness (QED) is 0.343. The molecule has 3 aromatic rings. The van der Waals surface area contributed by atoms with Crippen LogP contribution in [0, 0.1) is 6.92 Å². The topological polar surface area (TPSA) is 88.1 Å². The SMILES string of the molecule is COc1ccc(C)cc1N(CC(=O)N/N=C(/C)c1cccc(Br)c1)S(=O)(=O)c1ccccc1. The molecule has 172 valence electrons. The highest BCUT2D eigenvalue weighted by atomic mass is 79.9. The molecule has 0 aliphatic carbocycles. The van der Waals surface area contributed by atoms with Crippen molar-refractivity contribution < 1.29 is 17.9 Å². The Bertz CT molecular complexity index is 1280. The Kier molecular flexibility index (Phi) is 7.88. The number of carbonyl (C=O) groups excluding carboxylic acids is 1. The van der Waals surface area contributed by atoms with Gasteiger partial charge in [0.1, 0.15) is 12.3 Å². The van der Waals surface area contributed by atoms with Crippen LogP contribution in [0.4, 0.5) is 5.69 Å². The highest BCUT2D eigenvalue weighted by Gasteiger charge is 2.29. The van der Waals surface area contributed by atoms with Gasteiger partial charge in [0.25, 0.3) is 15.9 Å². The van der Waals surface area contributed by atoms with Gasteiger partial charge in [-0.3, -0.25) is 9.10 Å². The van der Waals surface area contributed by atoms with Crippen LogP contribution in [0.5, 0.6) is 5.75 Å². The molecular formula is C24H24BrN3O4S. The molecule has 0 saturated carbocycles. The fourth-order valence-electron chi connectivity index (χ4n) is 3.10. The van der Waals surface area contributed by atoms with Gasteiger partial charge in [-0.05, 0) is 61.4 Å². The number of nitrogens with zero attached hydrogens (tertiary/aromatic N) is 2. The minimum atomic E-state index is -4.06. The number of rotatable bonds is 8. The molecule has 33 heavy (non-hydrogen) atoms. The maximum atomic E-state index is 13.5. The average molecular weight is 530 g/mol. The van der Waals surface area contributed by atoms with E-state index in [1.807, 2.05) is 31.2 Å². The monoisotopic (exact) mass is 529 g/mol. The lowest BCUT2D eigenvalue weighted by Gasteiger charge is -2.25. The van der Waals surface area contributed by atoms with Crippen molar-refractivity contribution in [2.75, 3.05) is 18.0 Å². The lowest BCUT2D eigenvalue weighted by molar-refractivity contribution is -0.119. The number of amides is 1. The van der Waals surface area contributed by atoms with Crippen molar-refractivity contribution in [1.29, 1.82) is 0 Å². The van der Waals surface area contributed by atoms with Gasteiger partial charge in [-0.2, -0.15) is 5.10 Å². The summed E-state index contributed by atoms with van der Waals surface area (Å²) in [7, 11) is -2.61. The molecule has 0 aliphatic heterocycles. The molecule has 7 nitrogen and oxygen atoms in total. The predicted octanol–water partition coefficient (Wildman–Crippen LogP) is 4.50. The fraction of sp³-hybridized carbons (Fsp3) is 0.167. The third kappa shape index (κ3) is 6.00. The number of aryl methyl sites for hydroxylation is 1. The number of carbonyl (C=O) groups is 1. The minimum Gasteiger partial charge on any atom is -0.495 e. The van der Waals surface area contributed by atoms with E-state index in [4.69, 9.17) is 4.74 Å². The highest BCUT2D eigenvalue weighted by molar-refractivity contribution is 9.10. The smallest absolute Gasteiger partial charge is 0.264 e. The molecule has 3 rings (SSSR count). The summed E-state index contributed by atoms with van der Waals surface area (Å²) in [5.41, 5.74) is 4.95. The largest absolute Gasteiger partial charge is 0.495 e. The van der Waals surface area contributed by atoms with Crippen molar-refractivity contribution in [2.24, 2.45) is 5.10 Å². The maximum Gasteiger partial charge on any atom is 0.264 e. The molecule has 0 aromatic heterocycles. The van der Waals surface area contributed by atoms with Crippen LogP contribution in [0.1, 0.15) is 18.1 Å². The van der Waals surface area contributed by atoms with Crippen molar-refractivity contribution in [1.82, 2.24) is 5.43 Å². The zero-order chi connectivity index (χ0) is 24.0. The van der Waals surface area contributed by atoms with Crippen molar-refractivity contribution >= 4 is 43.3 Å². The van der Waals surface area contributed by atoms with Crippen LogP contribution in [0.2, 0.25) is 0 Å². The average Bonchev–Trinajstić information content (AvgIpc) is 2.81. The van der Waals surface area contributed by atoms with E-state index in [9.17, 15) is 13.2 Å². The van der Waals surface area contributed by atoms with Crippen molar-refractivity contribution in [3.63, 3.8) is 0 Å². The molecule has 0 radical (unpaired) electrons. The number of nitrogens with one attached hydrogen (secondary N) is 1. The van der Waals surface area contributed by atoms with E-state index in [1.165, 1.54) is 19.2 Å². The van der Waals surface area contributed by atoms with Crippen molar-refractivity contribution in [3.8, 4) is 5.75 Å². The zero-order valence-corrected chi connectivity index (χ0v) is 20.9. The molecule has 0 spiro atoms. The number of hydrogen-bond acceptors (Lipinski definition) is 5. The first-order valence-electron chi connectivity index (χ1n) is 10.0. The summed E-state index contributed by atoms with van der Waals surface area (Å²) in [6, 6.07) is 20.6. The van der Waals surface area contributed by atoms with Gasteiger partial charge in [0.05, 0.1) is 23.4 Å². The highest BCUT2D eigenvalue weighted by Crippen LogP contribution is 2.33. The first kappa shape index (κ1) is 24.5. The molecule has 0 bridgehead atoms. The molecule has 0 atom stereocenters. The number of halogens is 1. The second-order valence-electron chi connectivity index (χ2n) is 7.24. The van der Waals surface area contributed by atoms with E-state index in [0.29, 0.717) is 11.5 Å². The van der Waals surface area contributed by atoms with E-state index in [-0.39, 0.29) is 10.6 Å². The van der Waals surface area contributed by atoms with Gasteiger partial charge in [-0.1, -0.05) is 52.3 Å². The van der Waals surface area contributed by atoms with E-state index in [2.05, 4.69) is 26.5 Å². The molecule has 3 aromatic carbocycles. The number of hydrazone groups is 1. The Labute approximate surface area is 202 Å². The number of anilines is 1. The third-order valence-corrected chi connectivity index (χ3v) is 7.08. The Balaban J connectivity index is 1.94. The first-order chi connectivity index (χ1) is 15.7. The zero-order valence-electron chi connectivity index (χ0n) is 18.4. The second-order valence-corrected chi connectivity index (χ2v) is 10.0. The summed E-state index contributed by atoms with van der Waals surface area (Å²) < 4.78 is 34.3. The van der Waals surface area contributed by atoms with Gasteiger partial charge in [0, 0.05) is 4.47 Å². The molecule has 9 heteroatoms. The van der Waals surface area contributed by atoms with Crippen LogP contribution < -0.4 is 14.5 Å². The minimum absolute atomic E-state index is 0.0650. The van der Waals surface area contributed by atoms with E-state index in [1.54, 1.807) is 43.3 Å². The van der Waals surface area contributed by atoms with Gasteiger partial charge in [-0.25, -0.2) is 13.8 Å². The van der Waals surface area contributed by atoms with Crippen LogP contribution in [0.15, 0.2) is 87.3 Å². The molecule has 0 unspecified atom stereocenters. The summed E-state index contributed by atoms with van der Waals surface area (Å²) in [6.45, 7) is 3.11.